The summed E-state index contributed by atoms with van der Waals surface area (Å²) >= 11 is 1.86. The van der Waals surface area contributed by atoms with Gasteiger partial charge in [0, 0.05) is 69.7 Å². The van der Waals surface area contributed by atoms with Crippen molar-refractivity contribution in [2.45, 2.75) is 12.8 Å². The Bertz CT molecular complexity index is 3660. The normalized spacial score (nSPS) is 13.1. The lowest BCUT2D eigenvalue weighted by molar-refractivity contribution is 0.669. The molecule has 4 aromatic heterocycles. The molecule has 0 N–H and O–H groups in total. The molecule has 4 heteroatoms. The molecule has 1 aliphatic rings. The van der Waals surface area contributed by atoms with Crippen molar-refractivity contribution in [2.75, 3.05) is 0 Å². The van der Waals surface area contributed by atoms with Crippen molar-refractivity contribution in [2.24, 2.45) is 0 Å². The molecular weight excluding hydrogens is 701 g/mol. The molecule has 0 unspecified atom stereocenters. The summed E-state index contributed by atoms with van der Waals surface area (Å²) in [5, 5.41) is 11.3. The third-order valence-electron chi connectivity index (χ3n) is 12.2. The summed E-state index contributed by atoms with van der Waals surface area (Å²) in [4.78, 5) is 0. The molecule has 13 rings (SSSR count). The summed E-state index contributed by atoms with van der Waals surface area (Å²) in [6, 6.07) is 58.1. The summed E-state index contributed by atoms with van der Waals surface area (Å²) in [6.07, 6.45) is 6.76. The molecule has 0 aliphatic heterocycles. The van der Waals surface area contributed by atoms with E-state index in [1.165, 1.54) is 108 Å². The Morgan fingerprint density at radius 1 is 0.482 bits per heavy atom. The zero-order valence-electron chi connectivity index (χ0n) is 30.3. The Labute approximate surface area is 325 Å². The maximum atomic E-state index is 6.25. The minimum Gasteiger partial charge on any atom is -0.456 e. The molecule has 262 valence electrons. The van der Waals surface area contributed by atoms with Crippen LogP contribution < -0.4 is 0 Å². The Morgan fingerprint density at radius 3 is 2.11 bits per heavy atom. The molecule has 0 bridgehead atoms. The van der Waals surface area contributed by atoms with E-state index in [-0.39, 0.29) is 0 Å². The number of aromatic nitrogens is 2. The highest BCUT2D eigenvalue weighted by Crippen LogP contribution is 2.44. The van der Waals surface area contributed by atoms with Crippen molar-refractivity contribution in [3.05, 3.63) is 175 Å². The van der Waals surface area contributed by atoms with E-state index in [4.69, 9.17) is 4.42 Å². The van der Waals surface area contributed by atoms with Crippen LogP contribution in [-0.2, 0) is 6.42 Å². The first-order valence-electron chi connectivity index (χ1n) is 19.4. The smallest absolute Gasteiger partial charge is 0.136 e. The number of furan rings is 1. The zero-order valence-corrected chi connectivity index (χ0v) is 31.1. The van der Waals surface area contributed by atoms with Crippen molar-refractivity contribution >= 4 is 103 Å². The summed E-state index contributed by atoms with van der Waals surface area (Å²) in [6.45, 7) is 0. The van der Waals surface area contributed by atoms with E-state index in [9.17, 15) is 0 Å². The molecule has 0 saturated heterocycles. The fourth-order valence-electron chi connectivity index (χ4n) is 9.61. The molecule has 1 aliphatic carbocycles. The van der Waals surface area contributed by atoms with E-state index in [0.717, 1.165) is 24.0 Å². The highest BCUT2D eigenvalue weighted by atomic mass is 32.1. The highest BCUT2D eigenvalue weighted by molar-refractivity contribution is 7.26. The maximum Gasteiger partial charge on any atom is 0.136 e. The molecule has 0 fully saturated rings. The molecule has 3 nitrogen and oxygen atoms in total. The molecule has 0 atom stereocenters. The van der Waals surface area contributed by atoms with E-state index >= 15 is 0 Å². The van der Waals surface area contributed by atoms with Crippen molar-refractivity contribution in [3.63, 3.8) is 0 Å². The van der Waals surface area contributed by atoms with Gasteiger partial charge in [0.2, 0.25) is 0 Å². The Kier molecular flexibility index (Phi) is 6.16. The van der Waals surface area contributed by atoms with Crippen LogP contribution in [0.15, 0.2) is 168 Å². The number of hydrogen-bond donors (Lipinski definition) is 0. The standard InChI is InChI=1S/C52H32N2OS/c1-2-10-32-27-35(20-17-31(32)9-1)53-44-14-6-3-11-37(44)42-28-33(18-24-46(42)53)34-19-25-47-43(29-34)38-12-4-7-15-45(38)54(47)36-21-22-39-40-23-26-49-51(52(40)56-50(39)30-36)41-13-5-8-16-48(41)55-49/h1-5,7-13,15-30H,6,14H2. The molecular formula is C52H32N2OS. The Balaban J connectivity index is 0.965. The van der Waals surface area contributed by atoms with E-state index < -0.39 is 0 Å². The van der Waals surface area contributed by atoms with Crippen LogP contribution in [0, 0.1) is 0 Å². The van der Waals surface area contributed by atoms with E-state index in [1.807, 2.05) is 17.4 Å². The molecule has 12 aromatic rings. The second-order valence-corrected chi connectivity index (χ2v) is 16.2. The van der Waals surface area contributed by atoms with Gasteiger partial charge in [-0.3, -0.25) is 0 Å². The molecule has 8 aromatic carbocycles. The minimum absolute atomic E-state index is 0.938. The number of allylic oxidation sites excluding steroid dienone is 1. The zero-order chi connectivity index (χ0) is 36.5. The average molecular weight is 733 g/mol. The van der Waals surface area contributed by atoms with Gasteiger partial charge in [-0.2, -0.15) is 0 Å². The summed E-state index contributed by atoms with van der Waals surface area (Å²) < 4.78 is 13.7. The molecule has 4 heterocycles. The number of fused-ring (bicyclic) bond motifs is 14. The Morgan fingerprint density at radius 2 is 1.20 bits per heavy atom. The third kappa shape index (κ3) is 4.22. The SMILES string of the molecule is C1=Cc2c(n(-c3ccc4ccccc4c3)c3ccc(-c4ccc5c(c4)c4ccccc4n5-c4ccc5c(c4)sc4c5ccc5oc6ccccc6c54)cc23)CC1. The fraction of sp³-hybridized carbons (Fsp3) is 0.0385. The van der Waals surface area contributed by atoms with Crippen LogP contribution in [0.5, 0.6) is 0 Å². The van der Waals surface area contributed by atoms with Crippen molar-refractivity contribution in [1.29, 1.82) is 0 Å². The minimum atomic E-state index is 0.938. The summed E-state index contributed by atoms with van der Waals surface area (Å²) in [5.74, 6) is 0. The number of rotatable bonds is 3. The largest absolute Gasteiger partial charge is 0.456 e. The lowest BCUT2D eigenvalue weighted by Crippen LogP contribution is -2.02. The number of hydrogen-bond acceptors (Lipinski definition) is 2. The predicted octanol–water partition coefficient (Wildman–Crippen LogP) is 14.8. The number of nitrogens with zero attached hydrogens (tertiary/aromatic N) is 2. The number of thiophene rings is 1. The van der Waals surface area contributed by atoms with E-state index in [0.29, 0.717) is 0 Å². The van der Waals surface area contributed by atoms with Crippen LogP contribution in [-0.4, -0.2) is 9.13 Å². The van der Waals surface area contributed by atoms with Crippen LogP contribution in [0.1, 0.15) is 17.7 Å². The van der Waals surface area contributed by atoms with Crippen molar-refractivity contribution in [3.8, 4) is 22.5 Å². The van der Waals surface area contributed by atoms with Gasteiger partial charge in [-0.1, -0.05) is 97.1 Å². The number of benzene rings is 8. The summed E-state index contributed by atoms with van der Waals surface area (Å²) in [5.41, 5.74) is 13.2. The molecule has 0 spiro atoms. The highest BCUT2D eigenvalue weighted by Gasteiger charge is 2.21. The van der Waals surface area contributed by atoms with Gasteiger partial charge in [-0.15, -0.1) is 11.3 Å². The lowest BCUT2D eigenvalue weighted by atomic mass is 9.98. The molecule has 0 saturated carbocycles. The predicted molar refractivity (Wildman–Crippen MR) is 238 cm³/mol. The van der Waals surface area contributed by atoms with Crippen molar-refractivity contribution < 1.29 is 4.42 Å². The maximum absolute atomic E-state index is 6.25. The fourth-order valence-corrected chi connectivity index (χ4v) is 10.9. The average Bonchev–Trinajstić information content (AvgIpc) is 4.00. The Hall–Kier alpha value is -6.88. The molecule has 0 radical (unpaired) electrons. The second-order valence-electron chi connectivity index (χ2n) is 15.2. The molecule has 0 amide bonds. The van der Waals surface area contributed by atoms with Gasteiger partial charge in [0.1, 0.15) is 11.2 Å². The van der Waals surface area contributed by atoms with Gasteiger partial charge in [0.25, 0.3) is 0 Å². The van der Waals surface area contributed by atoms with Crippen LogP contribution in [0.3, 0.4) is 0 Å². The lowest BCUT2D eigenvalue weighted by Gasteiger charge is -2.14. The van der Waals surface area contributed by atoms with Gasteiger partial charge in [-0.25, -0.2) is 0 Å². The van der Waals surface area contributed by atoms with Gasteiger partial charge in [0.05, 0.1) is 16.6 Å². The first kappa shape index (κ1) is 30.4. The van der Waals surface area contributed by atoms with Gasteiger partial charge in [0.15, 0.2) is 0 Å². The van der Waals surface area contributed by atoms with Crippen molar-refractivity contribution in [1.82, 2.24) is 9.13 Å². The van der Waals surface area contributed by atoms with Crippen LogP contribution in [0.2, 0.25) is 0 Å². The monoisotopic (exact) mass is 732 g/mol. The van der Waals surface area contributed by atoms with E-state index in [2.05, 4.69) is 173 Å². The first-order valence-corrected chi connectivity index (χ1v) is 20.2. The molecule has 56 heavy (non-hydrogen) atoms. The topological polar surface area (TPSA) is 23.0 Å². The summed E-state index contributed by atoms with van der Waals surface area (Å²) in [7, 11) is 0. The third-order valence-corrected chi connectivity index (χ3v) is 13.3. The van der Waals surface area contributed by atoms with Crippen LogP contribution in [0.4, 0.5) is 0 Å². The van der Waals surface area contributed by atoms with Gasteiger partial charge in [-0.05, 0) is 108 Å². The first-order chi connectivity index (χ1) is 27.7. The van der Waals surface area contributed by atoms with Crippen LogP contribution >= 0.6 is 11.3 Å². The van der Waals surface area contributed by atoms with E-state index in [1.54, 1.807) is 0 Å². The van der Waals surface area contributed by atoms with Crippen LogP contribution in [0.25, 0.3) is 114 Å². The van der Waals surface area contributed by atoms with Gasteiger partial charge < -0.3 is 13.6 Å². The second kappa shape index (κ2) is 11.3. The number of para-hydroxylation sites is 2. The quantitative estimate of drug-likeness (QED) is 0.177. The van der Waals surface area contributed by atoms with Gasteiger partial charge >= 0.3 is 0 Å².